The Morgan fingerprint density at radius 2 is 1.88 bits per heavy atom. The summed E-state index contributed by atoms with van der Waals surface area (Å²) in [4.78, 5) is 25.2. The zero-order valence-electron chi connectivity index (χ0n) is 14.1. The first kappa shape index (κ1) is 18.8. The number of aryl methyl sites for hydroxylation is 1. The summed E-state index contributed by atoms with van der Waals surface area (Å²) in [6, 6.07) is 14.8. The van der Waals surface area contributed by atoms with E-state index in [0.717, 1.165) is 11.1 Å². The van der Waals surface area contributed by atoms with Crippen LogP contribution in [0.25, 0.3) is 0 Å². The molecule has 0 heterocycles. The van der Waals surface area contributed by atoms with Crippen molar-refractivity contribution in [3.63, 3.8) is 0 Å². The number of carbonyl (C=O) groups is 2. The van der Waals surface area contributed by atoms with Crippen LogP contribution in [0.5, 0.6) is 5.75 Å². The van der Waals surface area contributed by atoms with E-state index in [-0.39, 0.29) is 25.5 Å². The van der Waals surface area contributed by atoms with Crippen molar-refractivity contribution < 1.29 is 14.3 Å². The van der Waals surface area contributed by atoms with Gasteiger partial charge in [0.15, 0.2) is 6.61 Å². The molecular formula is C19H21ClN2O3. The van der Waals surface area contributed by atoms with E-state index >= 15 is 0 Å². The lowest BCUT2D eigenvalue weighted by molar-refractivity contribution is -0.134. The summed E-state index contributed by atoms with van der Waals surface area (Å²) in [5.74, 6) is -0.0490. The summed E-state index contributed by atoms with van der Waals surface area (Å²) >= 11 is 5.92. The van der Waals surface area contributed by atoms with Crippen molar-refractivity contribution in [3.8, 4) is 5.75 Å². The van der Waals surface area contributed by atoms with E-state index in [1.165, 1.54) is 0 Å². The van der Waals surface area contributed by atoms with Crippen LogP contribution < -0.4 is 10.5 Å². The van der Waals surface area contributed by atoms with E-state index in [9.17, 15) is 9.59 Å². The summed E-state index contributed by atoms with van der Waals surface area (Å²) in [5.41, 5.74) is 7.04. The van der Waals surface area contributed by atoms with Crippen LogP contribution in [0.1, 0.15) is 17.5 Å². The van der Waals surface area contributed by atoms with Gasteiger partial charge in [-0.15, -0.1) is 0 Å². The van der Waals surface area contributed by atoms with Gasteiger partial charge in [0.05, 0.1) is 0 Å². The number of primary amides is 1. The molecule has 0 aromatic heterocycles. The maximum Gasteiger partial charge on any atom is 0.260 e. The van der Waals surface area contributed by atoms with Crippen molar-refractivity contribution in [2.24, 2.45) is 5.73 Å². The van der Waals surface area contributed by atoms with Crippen LogP contribution in [0.4, 0.5) is 0 Å². The van der Waals surface area contributed by atoms with Crippen LogP contribution in [-0.4, -0.2) is 29.9 Å². The van der Waals surface area contributed by atoms with Gasteiger partial charge in [0, 0.05) is 24.5 Å². The number of benzene rings is 2. The molecule has 132 valence electrons. The summed E-state index contributed by atoms with van der Waals surface area (Å²) in [6.45, 7) is 2.40. The third-order valence-electron chi connectivity index (χ3n) is 3.69. The molecule has 25 heavy (non-hydrogen) atoms. The molecule has 2 aromatic rings. The minimum Gasteiger partial charge on any atom is -0.483 e. The van der Waals surface area contributed by atoms with Gasteiger partial charge in [-0.05, 0) is 36.2 Å². The maximum absolute atomic E-state index is 12.5. The number of halogens is 1. The minimum atomic E-state index is -0.444. The van der Waals surface area contributed by atoms with Crippen LogP contribution in [0.2, 0.25) is 5.02 Å². The Labute approximate surface area is 152 Å². The second kappa shape index (κ2) is 9.08. The highest BCUT2D eigenvalue weighted by Gasteiger charge is 2.16. The highest BCUT2D eigenvalue weighted by Crippen LogP contribution is 2.21. The molecular weight excluding hydrogens is 340 g/mol. The fourth-order valence-electron chi connectivity index (χ4n) is 2.35. The predicted molar refractivity (Wildman–Crippen MR) is 97.4 cm³/mol. The molecule has 0 saturated heterocycles. The monoisotopic (exact) mass is 360 g/mol. The van der Waals surface area contributed by atoms with E-state index in [4.69, 9.17) is 22.1 Å². The number of nitrogens with zero attached hydrogens (tertiary/aromatic N) is 1. The smallest absolute Gasteiger partial charge is 0.260 e. The molecule has 2 amide bonds. The Kier molecular flexibility index (Phi) is 6.83. The Morgan fingerprint density at radius 3 is 2.52 bits per heavy atom. The van der Waals surface area contributed by atoms with E-state index in [1.54, 1.807) is 23.1 Å². The van der Waals surface area contributed by atoms with E-state index in [0.29, 0.717) is 17.3 Å². The first-order valence-electron chi connectivity index (χ1n) is 7.94. The lowest BCUT2D eigenvalue weighted by Gasteiger charge is -2.22. The SMILES string of the molecule is Cc1cc(Cl)ccc1OCC(=O)N(CCC(N)=O)Cc1ccccc1. The first-order valence-corrected chi connectivity index (χ1v) is 8.32. The fourth-order valence-corrected chi connectivity index (χ4v) is 2.57. The number of ether oxygens (including phenoxy) is 1. The lowest BCUT2D eigenvalue weighted by Crippen LogP contribution is -2.36. The fraction of sp³-hybridized carbons (Fsp3) is 0.263. The highest BCUT2D eigenvalue weighted by atomic mass is 35.5. The van der Waals surface area contributed by atoms with Crippen molar-refractivity contribution in [2.75, 3.05) is 13.2 Å². The van der Waals surface area contributed by atoms with Gasteiger partial charge in [-0.2, -0.15) is 0 Å². The number of amides is 2. The molecule has 0 spiro atoms. The van der Waals surface area contributed by atoms with Gasteiger partial charge < -0.3 is 15.4 Å². The van der Waals surface area contributed by atoms with Gasteiger partial charge in [0.25, 0.3) is 5.91 Å². The van der Waals surface area contributed by atoms with Crippen molar-refractivity contribution in [1.82, 2.24) is 4.90 Å². The molecule has 0 aliphatic carbocycles. The average molecular weight is 361 g/mol. The minimum absolute atomic E-state index is 0.110. The van der Waals surface area contributed by atoms with Gasteiger partial charge >= 0.3 is 0 Å². The molecule has 0 bridgehead atoms. The zero-order chi connectivity index (χ0) is 18.2. The first-order chi connectivity index (χ1) is 12.0. The Hall–Kier alpha value is -2.53. The average Bonchev–Trinajstić information content (AvgIpc) is 2.58. The summed E-state index contributed by atoms with van der Waals surface area (Å²) in [5, 5.41) is 0.614. The van der Waals surface area contributed by atoms with Crippen molar-refractivity contribution in [2.45, 2.75) is 19.9 Å². The summed E-state index contributed by atoms with van der Waals surface area (Å²) < 4.78 is 5.61. The second-order valence-electron chi connectivity index (χ2n) is 5.72. The number of hydrogen-bond acceptors (Lipinski definition) is 3. The van der Waals surface area contributed by atoms with E-state index < -0.39 is 5.91 Å². The molecule has 0 aliphatic heterocycles. The largest absolute Gasteiger partial charge is 0.483 e. The Bertz CT molecular complexity index is 735. The van der Waals surface area contributed by atoms with Crippen LogP contribution in [-0.2, 0) is 16.1 Å². The normalized spacial score (nSPS) is 10.3. The van der Waals surface area contributed by atoms with E-state index in [2.05, 4.69) is 0 Å². The number of hydrogen-bond donors (Lipinski definition) is 1. The van der Waals surface area contributed by atoms with Crippen LogP contribution in [0, 0.1) is 6.92 Å². The van der Waals surface area contributed by atoms with Crippen molar-refractivity contribution in [3.05, 3.63) is 64.7 Å². The highest BCUT2D eigenvalue weighted by molar-refractivity contribution is 6.30. The predicted octanol–water partition coefficient (Wildman–Crippen LogP) is 2.93. The number of carbonyl (C=O) groups excluding carboxylic acids is 2. The summed E-state index contributed by atoms with van der Waals surface area (Å²) in [7, 11) is 0. The molecule has 2 rings (SSSR count). The third-order valence-corrected chi connectivity index (χ3v) is 3.92. The van der Waals surface area contributed by atoms with Crippen molar-refractivity contribution >= 4 is 23.4 Å². The van der Waals surface area contributed by atoms with Gasteiger partial charge in [0.2, 0.25) is 5.91 Å². The molecule has 0 unspecified atom stereocenters. The molecule has 0 fully saturated rings. The van der Waals surface area contributed by atoms with Gasteiger partial charge in [-0.25, -0.2) is 0 Å². The van der Waals surface area contributed by atoms with Crippen LogP contribution in [0.3, 0.4) is 0 Å². The number of rotatable bonds is 8. The van der Waals surface area contributed by atoms with Crippen LogP contribution in [0.15, 0.2) is 48.5 Å². The quantitative estimate of drug-likeness (QED) is 0.786. The van der Waals surface area contributed by atoms with Gasteiger partial charge in [0.1, 0.15) is 5.75 Å². The zero-order valence-corrected chi connectivity index (χ0v) is 14.8. The molecule has 2 N–H and O–H groups in total. The number of nitrogens with two attached hydrogens (primary N) is 1. The lowest BCUT2D eigenvalue weighted by atomic mass is 10.2. The topological polar surface area (TPSA) is 72.6 Å². The van der Waals surface area contributed by atoms with Crippen LogP contribution >= 0.6 is 11.6 Å². The maximum atomic E-state index is 12.5. The van der Waals surface area contributed by atoms with Gasteiger partial charge in [-0.1, -0.05) is 41.9 Å². The second-order valence-corrected chi connectivity index (χ2v) is 6.15. The molecule has 0 aliphatic rings. The molecule has 6 heteroatoms. The third kappa shape index (κ3) is 6.12. The Morgan fingerprint density at radius 1 is 1.16 bits per heavy atom. The Balaban J connectivity index is 2.02. The van der Waals surface area contributed by atoms with Crippen molar-refractivity contribution in [1.29, 1.82) is 0 Å². The molecule has 2 aromatic carbocycles. The molecule has 0 atom stereocenters. The molecule has 0 saturated carbocycles. The van der Waals surface area contributed by atoms with Gasteiger partial charge in [-0.3, -0.25) is 9.59 Å². The van der Waals surface area contributed by atoms with E-state index in [1.807, 2.05) is 37.3 Å². The standard InChI is InChI=1S/C19H21ClN2O3/c1-14-11-16(20)7-8-17(14)25-13-19(24)22(10-9-18(21)23)12-15-5-3-2-4-6-15/h2-8,11H,9-10,12-13H2,1H3,(H2,21,23). The molecule has 5 nitrogen and oxygen atoms in total. The summed E-state index contributed by atoms with van der Waals surface area (Å²) in [6.07, 6.45) is 0.110. The molecule has 0 radical (unpaired) electrons.